The molecule has 2 N–H and O–H groups in total. The summed E-state index contributed by atoms with van der Waals surface area (Å²) >= 11 is 0. The first-order valence-electron chi connectivity index (χ1n) is 11.6. The van der Waals surface area contributed by atoms with Crippen LogP contribution in [0.25, 0.3) is 0 Å². The highest BCUT2D eigenvalue weighted by atomic mass is 16.5. The van der Waals surface area contributed by atoms with E-state index in [-0.39, 0.29) is 5.96 Å². The molecule has 0 aromatic heterocycles. The first kappa shape index (κ1) is 26.9. The average Bonchev–Trinajstić information content (AvgIpc) is 2.96. The summed E-state index contributed by atoms with van der Waals surface area (Å²) in [7, 11) is 4.90. The lowest BCUT2D eigenvalue weighted by atomic mass is 10.1. The highest BCUT2D eigenvalue weighted by Gasteiger charge is 2.04. The monoisotopic (exact) mass is 500 g/mol. The van der Waals surface area contributed by atoms with Gasteiger partial charge in [0.2, 0.25) is 0 Å². The standard InChI is InChI=1S/C28H32N6O3/c1-19(22-7-13-25(35-4)14-8-22)29-32-28(33-30-20(2)23-9-15-26(36-5)16-10-23)34-31-21(3)24-11-17-27(37-6)18-12-24/h7-18H,1-6H3,(H2,32,33,34). The molecular weight excluding hydrogens is 468 g/mol. The molecule has 0 aliphatic heterocycles. The Balaban J connectivity index is 1.83. The third-order valence-corrected chi connectivity index (χ3v) is 5.48. The van der Waals surface area contributed by atoms with E-state index in [0.717, 1.165) is 51.1 Å². The molecule has 0 spiro atoms. The molecule has 0 heterocycles. The molecule has 192 valence electrons. The van der Waals surface area contributed by atoms with E-state index >= 15 is 0 Å². The van der Waals surface area contributed by atoms with Crippen molar-refractivity contribution in [2.75, 3.05) is 21.3 Å². The van der Waals surface area contributed by atoms with Crippen LogP contribution in [0.15, 0.2) is 93.2 Å². The second-order valence-electron chi connectivity index (χ2n) is 7.94. The van der Waals surface area contributed by atoms with Crippen LogP contribution in [-0.2, 0) is 0 Å². The fourth-order valence-electron chi connectivity index (χ4n) is 3.15. The van der Waals surface area contributed by atoms with Crippen LogP contribution >= 0.6 is 0 Å². The van der Waals surface area contributed by atoms with Crippen molar-refractivity contribution in [2.45, 2.75) is 20.8 Å². The van der Waals surface area contributed by atoms with Crippen molar-refractivity contribution in [1.29, 1.82) is 0 Å². The van der Waals surface area contributed by atoms with Crippen molar-refractivity contribution in [1.82, 2.24) is 10.9 Å². The second-order valence-corrected chi connectivity index (χ2v) is 7.94. The van der Waals surface area contributed by atoms with E-state index in [1.165, 1.54) is 0 Å². The zero-order valence-corrected chi connectivity index (χ0v) is 21.9. The summed E-state index contributed by atoms with van der Waals surface area (Å²) in [5.74, 6) is 2.59. The molecule has 0 aliphatic carbocycles. The van der Waals surface area contributed by atoms with Gasteiger partial charge < -0.3 is 14.2 Å². The SMILES string of the molecule is COc1ccc(C(C)=NN=C(NN=C(C)c2ccc(OC)cc2)NN=C(C)c2ccc(OC)cc2)cc1. The maximum Gasteiger partial charge on any atom is 0.257 e. The van der Waals surface area contributed by atoms with E-state index in [1.54, 1.807) is 21.3 Å². The lowest BCUT2D eigenvalue weighted by Gasteiger charge is -2.08. The Labute approximate surface area is 217 Å². The maximum absolute atomic E-state index is 5.23. The Morgan fingerprint density at radius 1 is 0.486 bits per heavy atom. The highest BCUT2D eigenvalue weighted by molar-refractivity contribution is 6.01. The number of ether oxygens (including phenoxy) is 3. The van der Waals surface area contributed by atoms with Crippen molar-refractivity contribution in [3.05, 3.63) is 89.5 Å². The van der Waals surface area contributed by atoms with Gasteiger partial charge in [-0.3, -0.25) is 0 Å². The van der Waals surface area contributed by atoms with Gasteiger partial charge in [-0.05, 0) is 110 Å². The molecule has 0 saturated heterocycles. The Hall–Kier alpha value is -4.66. The van der Waals surface area contributed by atoms with E-state index in [4.69, 9.17) is 14.2 Å². The number of nitrogens with zero attached hydrogens (tertiary/aromatic N) is 4. The van der Waals surface area contributed by atoms with Crippen molar-refractivity contribution >= 4 is 23.1 Å². The molecule has 9 nitrogen and oxygen atoms in total. The van der Waals surface area contributed by atoms with E-state index < -0.39 is 0 Å². The molecule has 0 unspecified atom stereocenters. The minimum atomic E-state index is 0.258. The van der Waals surface area contributed by atoms with Gasteiger partial charge >= 0.3 is 0 Å². The Kier molecular flexibility index (Phi) is 9.78. The van der Waals surface area contributed by atoms with Gasteiger partial charge in [-0.25, -0.2) is 10.9 Å². The fourth-order valence-corrected chi connectivity index (χ4v) is 3.15. The average molecular weight is 501 g/mol. The van der Waals surface area contributed by atoms with E-state index in [0.29, 0.717) is 0 Å². The molecule has 3 rings (SSSR count). The molecule has 0 aliphatic rings. The van der Waals surface area contributed by atoms with Gasteiger partial charge in [0.15, 0.2) is 0 Å². The Bertz CT molecular complexity index is 1210. The summed E-state index contributed by atoms with van der Waals surface area (Å²) in [5, 5.41) is 17.6. The number of nitrogens with one attached hydrogen (secondary N) is 2. The van der Waals surface area contributed by atoms with E-state index in [9.17, 15) is 0 Å². The predicted molar refractivity (Wildman–Crippen MR) is 149 cm³/mol. The zero-order valence-electron chi connectivity index (χ0n) is 21.9. The van der Waals surface area contributed by atoms with Crippen LogP contribution in [0.4, 0.5) is 0 Å². The molecule has 0 atom stereocenters. The van der Waals surface area contributed by atoms with E-state index in [2.05, 4.69) is 31.3 Å². The Morgan fingerprint density at radius 3 is 1.14 bits per heavy atom. The smallest absolute Gasteiger partial charge is 0.257 e. The van der Waals surface area contributed by atoms with Crippen LogP contribution in [0.3, 0.4) is 0 Å². The number of methoxy groups -OCH3 is 3. The van der Waals surface area contributed by atoms with Crippen molar-refractivity contribution in [3.8, 4) is 17.2 Å². The van der Waals surface area contributed by atoms with Gasteiger partial charge in [-0.15, -0.1) is 5.10 Å². The van der Waals surface area contributed by atoms with Gasteiger partial charge in [-0.1, -0.05) is 0 Å². The number of rotatable bonds is 9. The first-order chi connectivity index (χ1) is 17.9. The van der Waals surface area contributed by atoms with Crippen molar-refractivity contribution < 1.29 is 14.2 Å². The van der Waals surface area contributed by atoms with Crippen LogP contribution in [0, 0.1) is 0 Å². The first-order valence-corrected chi connectivity index (χ1v) is 11.6. The summed E-state index contributed by atoms with van der Waals surface area (Å²) in [6, 6.07) is 22.9. The van der Waals surface area contributed by atoms with Gasteiger partial charge in [0.05, 0.1) is 38.5 Å². The van der Waals surface area contributed by atoms with Crippen LogP contribution in [0.1, 0.15) is 37.5 Å². The number of hydrazone groups is 2. The molecule has 9 heteroatoms. The highest BCUT2D eigenvalue weighted by Crippen LogP contribution is 2.14. The molecule has 0 saturated carbocycles. The number of hydrogen-bond donors (Lipinski definition) is 2. The normalized spacial score (nSPS) is 12.0. The fraction of sp³-hybridized carbons (Fsp3) is 0.214. The quantitative estimate of drug-likeness (QED) is 0.249. The van der Waals surface area contributed by atoms with Gasteiger partial charge in [0.1, 0.15) is 17.2 Å². The summed E-state index contributed by atoms with van der Waals surface area (Å²) < 4.78 is 15.7. The third-order valence-electron chi connectivity index (χ3n) is 5.48. The number of guanidine groups is 1. The summed E-state index contributed by atoms with van der Waals surface area (Å²) in [5.41, 5.74) is 10.9. The lowest BCUT2D eigenvalue weighted by molar-refractivity contribution is 0.414. The van der Waals surface area contributed by atoms with Crippen molar-refractivity contribution in [2.24, 2.45) is 20.4 Å². The van der Waals surface area contributed by atoms with Gasteiger partial charge in [0.25, 0.3) is 5.96 Å². The van der Waals surface area contributed by atoms with Gasteiger partial charge in [0, 0.05) is 0 Å². The molecule has 3 aromatic rings. The molecule has 0 radical (unpaired) electrons. The van der Waals surface area contributed by atoms with Crippen LogP contribution in [0.2, 0.25) is 0 Å². The molecule has 0 bridgehead atoms. The molecule has 0 fully saturated rings. The third kappa shape index (κ3) is 7.93. The topological polar surface area (TPSA) is 101 Å². The van der Waals surface area contributed by atoms with Gasteiger partial charge in [-0.2, -0.15) is 15.3 Å². The van der Waals surface area contributed by atoms with Crippen LogP contribution < -0.4 is 25.1 Å². The van der Waals surface area contributed by atoms with E-state index in [1.807, 2.05) is 93.6 Å². The van der Waals surface area contributed by atoms with Crippen molar-refractivity contribution in [3.63, 3.8) is 0 Å². The number of benzene rings is 3. The summed E-state index contributed by atoms with van der Waals surface area (Å²) in [6.45, 7) is 5.66. The Morgan fingerprint density at radius 2 is 0.811 bits per heavy atom. The zero-order chi connectivity index (χ0) is 26.6. The van der Waals surface area contributed by atoms with Crippen LogP contribution in [0.5, 0.6) is 17.2 Å². The largest absolute Gasteiger partial charge is 0.497 e. The second kappa shape index (κ2) is 13.4. The predicted octanol–water partition coefficient (Wildman–Crippen LogP) is 4.82. The number of hydrogen-bond acceptors (Lipinski definition) is 7. The van der Waals surface area contributed by atoms with Crippen LogP contribution in [-0.4, -0.2) is 44.4 Å². The minimum absolute atomic E-state index is 0.258. The molecule has 37 heavy (non-hydrogen) atoms. The minimum Gasteiger partial charge on any atom is -0.497 e. The maximum atomic E-state index is 5.23. The summed E-state index contributed by atoms with van der Waals surface area (Å²) in [4.78, 5) is 0. The lowest BCUT2D eigenvalue weighted by Crippen LogP contribution is -2.32. The molecular formula is C28H32N6O3. The summed E-state index contributed by atoms with van der Waals surface area (Å²) in [6.07, 6.45) is 0. The molecule has 0 amide bonds. The molecule has 3 aromatic carbocycles.